The summed E-state index contributed by atoms with van der Waals surface area (Å²) in [6.45, 7) is 4.44. The second-order valence-electron chi connectivity index (χ2n) is 8.00. The second-order valence-corrected chi connectivity index (χ2v) is 8.00. The van der Waals surface area contributed by atoms with Gasteiger partial charge in [0.2, 0.25) is 0 Å². The van der Waals surface area contributed by atoms with Crippen molar-refractivity contribution in [3.63, 3.8) is 0 Å². The van der Waals surface area contributed by atoms with Crippen molar-refractivity contribution >= 4 is 17.6 Å². The Labute approximate surface area is 194 Å². The first kappa shape index (κ1) is 24.0. The third kappa shape index (κ3) is 6.65. The van der Waals surface area contributed by atoms with Gasteiger partial charge < -0.3 is 14.0 Å². The summed E-state index contributed by atoms with van der Waals surface area (Å²) in [6, 6.07) is 13.2. The molecular formula is C27H30N2O4. The number of carbonyl (C=O) groups excluding carboxylic acids is 2. The Hall–Kier alpha value is -3.67. The van der Waals surface area contributed by atoms with Gasteiger partial charge >= 0.3 is 0 Å². The lowest BCUT2D eigenvalue weighted by Gasteiger charge is -2.10. The van der Waals surface area contributed by atoms with Crippen LogP contribution in [0.3, 0.4) is 0 Å². The van der Waals surface area contributed by atoms with E-state index in [1.165, 1.54) is 11.6 Å². The molecule has 0 saturated heterocycles. The van der Waals surface area contributed by atoms with E-state index in [0.717, 1.165) is 22.6 Å². The van der Waals surface area contributed by atoms with Crippen LogP contribution in [0, 0.1) is 13.8 Å². The Morgan fingerprint density at radius 2 is 1.94 bits per heavy atom. The quantitative estimate of drug-likeness (QED) is 0.313. The van der Waals surface area contributed by atoms with Gasteiger partial charge in [-0.15, -0.1) is 0 Å². The zero-order valence-corrected chi connectivity index (χ0v) is 19.6. The average Bonchev–Trinajstić information content (AvgIpc) is 3.06. The number of pyridine rings is 1. The fourth-order valence-corrected chi connectivity index (χ4v) is 3.68. The molecule has 0 amide bonds. The van der Waals surface area contributed by atoms with Crippen LogP contribution in [0.5, 0.6) is 11.5 Å². The maximum atomic E-state index is 12.3. The van der Waals surface area contributed by atoms with E-state index in [2.05, 4.69) is 15.6 Å². The Bertz CT molecular complexity index is 1150. The lowest BCUT2D eigenvalue weighted by Crippen LogP contribution is -2.08. The van der Waals surface area contributed by atoms with E-state index >= 15 is 0 Å². The summed E-state index contributed by atoms with van der Waals surface area (Å²) >= 11 is 0. The van der Waals surface area contributed by atoms with E-state index in [1.54, 1.807) is 25.4 Å². The average molecular weight is 447 g/mol. The van der Waals surface area contributed by atoms with Crippen LogP contribution in [-0.4, -0.2) is 28.2 Å². The molecule has 1 aromatic carbocycles. The first-order valence-corrected chi connectivity index (χ1v) is 10.9. The van der Waals surface area contributed by atoms with Crippen LogP contribution in [0.25, 0.3) is 6.08 Å². The van der Waals surface area contributed by atoms with E-state index < -0.39 is 0 Å². The van der Waals surface area contributed by atoms with Gasteiger partial charge in [0.25, 0.3) is 0 Å². The smallest absolute Gasteiger partial charge is 0.163 e. The summed E-state index contributed by atoms with van der Waals surface area (Å²) in [6.07, 6.45) is 5.71. The molecule has 0 spiro atoms. The molecular weight excluding hydrogens is 416 g/mol. The summed E-state index contributed by atoms with van der Waals surface area (Å²) in [5.74, 6) is 0.936. The topological polar surface area (TPSA) is 70.4 Å². The number of Topliss-reactive ketones (excluding diaryl/α,β-unsaturated/α-hetero) is 1. The van der Waals surface area contributed by atoms with Gasteiger partial charge in [0.15, 0.2) is 5.78 Å². The summed E-state index contributed by atoms with van der Waals surface area (Å²) in [4.78, 5) is 28.9. The van der Waals surface area contributed by atoms with E-state index in [1.807, 2.05) is 51.2 Å². The number of aryl methyl sites for hydroxylation is 2. The van der Waals surface area contributed by atoms with Crippen LogP contribution < -0.4 is 9.47 Å². The summed E-state index contributed by atoms with van der Waals surface area (Å²) in [5, 5.41) is 0. The zero-order valence-electron chi connectivity index (χ0n) is 19.6. The third-order valence-electron chi connectivity index (χ3n) is 5.59. The number of ether oxygens (including phenoxy) is 2. The molecule has 3 aromatic rings. The molecule has 6 heteroatoms. The molecule has 2 aromatic heterocycles. The third-order valence-corrected chi connectivity index (χ3v) is 5.59. The predicted octanol–water partition coefficient (Wildman–Crippen LogP) is 4.80. The van der Waals surface area contributed by atoms with Crippen molar-refractivity contribution in [2.45, 2.75) is 39.7 Å². The molecule has 0 aliphatic heterocycles. The molecule has 6 nitrogen and oxygen atoms in total. The Morgan fingerprint density at radius 1 is 1.12 bits per heavy atom. The normalized spacial score (nSPS) is 11.0. The van der Waals surface area contributed by atoms with Crippen molar-refractivity contribution in [2.24, 2.45) is 7.05 Å². The minimum Gasteiger partial charge on any atom is -0.496 e. The van der Waals surface area contributed by atoms with E-state index in [-0.39, 0.29) is 18.0 Å². The highest BCUT2D eigenvalue weighted by atomic mass is 16.5. The number of hydrogen-bond donors (Lipinski definition) is 0. The molecule has 0 aliphatic carbocycles. The maximum absolute atomic E-state index is 12.3. The zero-order chi connectivity index (χ0) is 23.8. The van der Waals surface area contributed by atoms with Gasteiger partial charge in [0, 0.05) is 42.7 Å². The molecule has 0 N–H and O–H groups in total. The second kappa shape index (κ2) is 11.3. The number of ketones is 2. The van der Waals surface area contributed by atoms with Crippen LogP contribution in [0.4, 0.5) is 0 Å². The standard InChI is InChI=1S/C27H30N2O4/c1-19-15-20(2)29(3)26(19)13-11-24(31)16-23(30)10-8-21-9-12-25(17-27(21)32-4)33-18-22-7-5-6-14-28-22/h5-10,12,14-15,17H,11,13,16,18H2,1-4H3/b10-8+. The van der Waals surface area contributed by atoms with Gasteiger partial charge in [-0.2, -0.15) is 0 Å². The number of hydrogen-bond acceptors (Lipinski definition) is 5. The van der Waals surface area contributed by atoms with E-state index in [0.29, 0.717) is 30.9 Å². The van der Waals surface area contributed by atoms with Crippen LogP contribution in [-0.2, 0) is 29.7 Å². The van der Waals surface area contributed by atoms with Crippen molar-refractivity contribution in [1.29, 1.82) is 0 Å². The molecule has 0 radical (unpaired) electrons. The molecule has 0 saturated carbocycles. The molecule has 0 fully saturated rings. The SMILES string of the molecule is COc1cc(OCc2ccccn2)ccc1/C=C/C(=O)CC(=O)CCc1c(C)cc(C)n1C. The van der Waals surface area contributed by atoms with Gasteiger partial charge in [-0.25, -0.2) is 0 Å². The molecule has 0 aliphatic rings. The van der Waals surface area contributed by atoms with E-state index in [4.69, 9.17) is 9.47 Å². The van der Waals surface area contributed by atoms with Crippen LogP contribution >= 0.6 is 0 Å². The van der Waals surface area contributed by atoms with Crippen molar-refractivity contribution in [3.05, 3.63) is 82.9 Å². The van der Waals surface area contributed by atoms with Gasteiger partial charge in [-0.1, -0.05) is 6.07 Å². The van der Waals surface area contributed by atoms with Crippen molar-refractivity contribution < 1.29 is 19.1 Å². The minimum absolute atomic E-state index is 0.0619. The molecule has 33 heavy (non-hydrogen) atoms. The molecule has 0 atom stereocenters. The predicted molar refractivity (Wildman–Crippen MR) is 128 cm³/mol. The highest BCUT2D eigenvalue weighted by Crippen LogP contribution is 2.26. The number of rotatable bonds is 11. The molecule has 3 rings (SSSR count). The van der Waals surface area contributed by atoms with Crippen molar-refractivity contribution in [1.82, 2.24) is 9.55 Å². The van der Waals surface area contributed by atoms with Crippen LogP contribution in [0.1, 0.15) is 41.1 Å². The Kier molecular flexibility index (Phi) is 8.19. The van der Waals surface area contributed by atoms with E-state index in [9.17, 15) is 9.59 Å². The minimum atomic E-state index is -0.225. The monoisotopic (exact) mass is 446 g/mol. The maximum Gasteiger partial charge on any atom is 0.163 e. The first-order chi connectivity index (χ1) is 15.9. The molecule has 172 valence electrons. The lowest BCUT2D eigenvalue weighted by molar-refractivity contribution is -0.124. The van der Waals surface area contributed by atoms with Gasteiger partial charge in [-0.05, 0) is 68.3 Å². The first-order valence-electron chi connectivity index (χ1n) is 10.9. The van der Waals surface area contributed by atoms with Gasteiger partial charge in [0.05, 0.1) is 19.2 Å². The van der Waals surface area contributed by atoms with Crippen LogP contribution in [0.2, 0.25) is 0 Å². The highest BCUT2D eigenvalue weighted by Gasteiger charge is 2.12. The number of methoxy groups -OCH3 is 1. The molecule has 2 heterocycles. The number of allylic oxidation sites excluding steroid dienone is 1. The van der Waals surface area contributed by atoms with Crippen LogP contribution in [0.15, 0.2) is 54.7 Å². The highest BCUT2D eigenvalue weighted by molar-refractivity contribution is 6.06. The summed E-state index contributed by atoms with van der Waals surface area (Å²) < 4.78 is 13.3. The number of carbonyl (C=O) groups is 2. The fraction of sp³-hybridized carbons (Fsp3) is 0.296. The number of benzene rings is 1. The summed E-state index contributed by atoms with van der Waals surface area (Å²) in [7, 11) is 3.56. The molecule has 0 unspecified atom stereocenters. The largest absolute Gasteiger partial charge is 0.496 e. The van der Waals surface area contributed by atoms with Crippen molar-refractivity contribution in [2.75, 3.05) is 7.11 Å². The van der Waals surface area contributed by atoms with Crippen molar-refractivity contribution in [3.8, 4) is 11.5 Å². The Balaban J connectivity index is 1.54. The summed E-state index contributed by atoms with van der Waals surface area (Å²) in [5.41, 5.74) is 5.04. The number of nitrogens with zero attached hydrogens (tertiary/aromatic N) is 2. The molecule has 0 bridgehead atoms. The number of aromatic nitrogens is 2. The van der Waals surface area contributed by atoms with Gasteiger partial charge in [0.1, 0.15) is 23.9 Å². The lowest BCUT2D eigenvalue weighted by atomic mass is 10.1. The van der Waals surface area contributed by atoms with Gasteiger partial charge in [-0.3, -0.25) is 14.6 Å². The Morgan fingerprint density at radius 3 is 2.61 bits per heavy atom. The fourth-order valence-electron chi connectivity index (χ4n) is 3.68.